The van der Waals surface area contributed by atoms with Gasteiger partial charge in [-0.2, -0.15) is 18.2 Å². The lowest BCUT2D eigenvalue weighted by atomic mass is 10.1. The molecule has 0 aliphatic carbocycles. The van der Waals surface area contributed by atoms with Gasteiger partial charge >= 0.3 is 6.18 Å². The maximum Gasteiger partial charge on any atom is 0.418 e. The van der Waals surface area contributed by atoms with Gasteiger partial charge in [-0.1, -0.05) is 24.3 Å². The number of nitrogens with zero attached hydrogens (tertiary/aromatic N) is 1. The van der Waals surface area contributed by atoms with Gasteiger partial charge in [-0.25, -0.2) is 0 Å². The zero-order chi connectivity index (χ0) is 16.4. The number of benzene rings is 2. The predicted octanol–water partition coefficient (Wildman–Crippen LogP) is 4.90. The molecule has 3 N–H and O–H groups in total. The number of alkyl halides is 3. The Morgan fingerprint density at radius 2 is 1.57 bits per heavy atom. The summed E-state index contributed by atoms with van der Waals surface area (Å²) in [5, 5.41) is 8.28. The molecule has 118 valence electrons. The molecule has 0 amide bonds. The molecule has 23 heavy (non-hydrogen) atoms. The third kappa shape index (κ3) is 3.26. The second kappa shape index (κ2) is 5.88. The molecule has 0 unspecified atom stereocenters. The van der Waals surface area contributed by atoms with Crippen molar-refractivity contribution in [3.63, 3.8) is 0 Å². The van der Waals surface area contributed by atoms with Gasteiger partial charge in [0.1, 0.15) is 0 Å². The molecule has 0 bridgehead atoms. The first kappa shape index (κ1) is 15.3. The molecule has 0 saturated heterocycles. The molecular weight excluding hydrogens is 325 g/mol. The molecule has 0 saturated carbocycles. The Morgan fingerprint density at radius 3 is 2.22 bits per heavy atom. The van der Waals surface area contributed by atoms with Crippen molar-refractivity contribution >= 4 is 23.6 Å². The lowest BCUT2D eigenvalue weighted by molar-refractivity contribution is -0.136. The summed E-state index contributed by atoms with van der Waals surface area (Å²) in [6, 6.07) is 12.2. The number of hydrogen-bond acceptors (Lipinski definition) is 3. The van der Waals surface area contributed by atoms with E-state index in [-0.39, 0.29) is 10.5 Å². The summed E-state index contributed by atoms with van der Waals surface area (Å²) in [4.78, 5) is 4.10. The van der Waals surface area contributed by atoms with E-state index in [0.29, 0.717) is 17.1 Å². The van der Waals surface area contributed by atoms with Crippen LogP contribution in [-0.4, -0.2) is 15.2 Å². The van der Waals surface area contributed by atoms with E-state index in [1.165, 1.54) is 12.1 Å². The van der Waals surface area contributed by atoms with E-state index in [0.717, 1.165) is 6.07 Å². The summed E-state index contributed by atoms with van der Waals surface area (Å²) >= 11 is 4.91. The first-order valence-electron chi connectivity index (χ1n) is 6.62. The van der Waals surface area contributed by atoms with Gasteiger partial charge in [0.2, 0.25) is 4.77 Å². The van der Waals surface area contributed by atoms with Gasteiger partial charge in [0.25, 0.3) is 0 Å². The quantitative estimate of drug-likeness (QED) is 0.597. The fourth-order valence-corrected chi connectivity index (χ4v) is 2.32. The van der Waals surface area contributed by atoms with Crippen LogP contribution in [0.3, 0.4) is 0 Å². The van der Waals surface area contributed by atoms with Gasteiger partial charge in [-0.15, -0.1) is 0 Å². The normalized spacial score (nSPS) is 11.4. The van der Waals surface area contributed by atoms with Crippen LogP contribution in [-0.2, 0) is 6.18 Å². The average molecular weight is 336 g/mol. The van der Waals surface area contributed by atoms with Crippen molar-refractivity contribution in [2.75, 3.05) is 5.32 Å². The van der Waals surface area contributed by atoms with E-state index in [1.54, 1.807) is 30.3 Å². The van der Waals surface area contributed by atoms with Crippen LogP contribution in [0, 0.1) is 4.77 Å². The summed E-state index contributed by atoms with van der Waals surface area (Å²) in [5.74, 6) is 0.447. The number of halogens is 3. The number of rotatable bonds is 3. The molecule has 2 aromatic carbocycles. The van der Waals surface area contributed by atoms with Crippen molar-refractivity contribution in [2.24, 2.45) is 0 Å². The highest BCUT2D eigenvalue weighted by atomic mass is 32.1. The van der Waals surface area contributed by atoms with Crippen molar-refractivity contribution in [1.29, 1.82) is 0 Å². The van der Waals surface area contributed by atoms with Crippen LogP contribution in [0.2, 0.25) is 0 Å². The van der Waals surface area contributed by atoms with Gasteiger partial charge < -0.3 is 5.32 Å². The molecule has 3 rings (SSSR count). The van der Waals surface area contributed by atoms with Gasteiger partial charge in [0, 0.05) is 11.3 Å². The molecule has 1 heterocycles. The molecule has 3 aromatic rings. The zero-order valence-electron chi connectivity index (χ0n) is 11.6. The predicted molar refractivity (Wildman–Crippen MR) is 83.9 cm³/mol. The minimum absolute atomic E-state index is 0.0263. The third-order valence-corrected chi connectivity index (χ3v) is 3.38. The molecule has 1 aromatic heterocycles. The second-order valence-corrected chi connectivity index (χ2v) is 5.12. The Balaban J connectivity index is 2.04. The number of nitrogens with one attached hydrogen (secondary N) is 3. The number of H-pyrrole nitrogens is 2. The first-order chi connectivity index (χ1) is 10.9. The van der Waals surface area contributed by atoms with Crippen molar-refractivity contribution in [2.45, 2.75) is 6.18 Å². The molecule has 0 fully saturated rings. The summed E-state index contributed by atoms with van der Waals surface area (Å²) in [6.07, 6.45) is -4.44. The maximum atomic E-state index is 13.1. The van der Waals surface area contributed by atoms with Crippen LogP contribution in [0.1, 0.15) is 5.56 Å². The highest BCUT2D eigenvalue weighted by molar-refractivity contribution is 7.71. The lowest BCUT2D eigenvalue weighted by Gasteiger charge is -2.16. The summed E-state index contributed by atoms with van der Waals surface area (Å²) in [5.41, 5.74) is 0.338. The van der Waals surface area contributed by atoms with Gasteiger partial charge in [-0.3, -0.25) is 10.2 Å². The average Bonchev–Trinajstić information content (AvgIpc) is 2.94. The number of para-hydroxylation sites is 2. The topological polar surface area (TPSA) is 56.5 Å². The number of aromatic nitrogens is 3. The van der Waals surface area contributed by atoms with Crippen LogP contribution in [0.15, 0.2) is 48.5 Å². The molecule has 0 aliphatic rings. The lowest BCUT2D eigenvalue weighted by Crippen LogP contribution is -2.08. The fourth-order valence-electron chi connectivity index (χ4n) is 2.18. The van der Waals surface area contributed by atoms with E-state index >= 15 is 0 Å². The van der Waals surface area contributed by atoms with Crippen molar-refractivity contribution in [3.8, 4) is 11.4 Å². The fraction of sp³-hybridized carbons (Fsp3) is 0.0667. The smallest absolute Gasteiger partial charge is 0.354 e. The minimum Gasteiger partial charge on any atom is -0.354 e. The van der Waals surface area contributed by atoms with Crippen LogP contribution < -0.4 is 5.32 Å². The van der Waals surface area contributed by atoms with Gasteiger partial charge in [0.15, 0.2) is 5.82 Å². The molecule has 0 radical (unpaired) electrons. The Kier molecular flexibility index (Phi) is 3.91. The van der Waals surface area contributed by atoms with E-state index in [1.807, 2.05) is 0 Å². The van der Waals surface area contributed by atoms with E-state index < -0.39 is 11.7 Å². The monoisotopic (exact) mass is 336 g/mol. The minimum atomic E-state index is -4.44. The summed E-state index contributed by atoms with van der Waals surface area (Å²) in [7, 11) is 0. The molecule has 0 spiro atoms. The van der Waals surface area contributed by atoms with Crippen LogP contribution in [0.25, 0.3) is 11.4 Å². The Labute approximate surface area is 134 Å². The molecule has 0 atom stereocenters. The molecular formula is C15H11F3N4S. The highest BCUT2D eigenvalue weighted by Crippen LogP contribution is 2.37. The van der Waals surface area contributed by atoms with Crippen molar-refractivity contribution in [3.05, 3.63) is 58.9 Å². The Hall–Kier alpha value is -2.61. The first-order valence-corrected chi connectivity index (χ1v) is 7.03. The number of hydrogen-bond donors (Lipinski definition) is 3. The largest absolute Gasteiger partial charge is 0.418 e. The van der Waals surface area contributed by atoms with Crippen LogP contribution in [0.4, 0.5) is 24.5 Å². The zero-order valence-corrected chi connectivity index (χ0v) is 12.4. The number of anilines is 2. The van der Waals surface area contributed by atoms with Crippen LogP contribution >= 0.6 is 12.2 Å². The van der Waals surface area contributed by atoms with Gasteiger partial charge in [0.05, 0.1) is 11.3 Å². The second-order valence-electron chi connectivity index (χ2n) is 4.73. The van der Waals surface area contributed by atoms with Gasteiger partial charge in [-0.05, 0) is 36.5 Å². The SMILES string of the molecule is FC(F)(F)c1ccccc1Nc1ccccc1-c1nc(=S)[nH][nH]1. The van der Waals surface area contributed by atoms with E-state index in [2.05, 4.69) is 20.5 Å². The maximum absolute atomic E-state index is 13.1. The van der Waals surface area contributed by atoms with Crippen LogP contribution in [0.5, 0.6) is 0 Å². The Bertz CT molecular complexity index is 882. The summed E-state index contributed by atoms with van der Waals surface area (Å²) < 4.78 is 39.6. The third-order valence-electron chi connectivity index (χ3n) is 3.19. The molecule has 4 nitrogen and oxygen atoms in total. The van der Waals surface area contributed by atoms with E-state index in [4.69, 9.17) is 12.2 Å². The van der Waals surface area contributed by atoms with Crippen molar-refractivity contribution in [1.82, 2.24) is 15.2 Å². The molecule has 0 aliphatic heterocycles. The van der Waals surface area contributed by atoms with E-state index in [9.17, 15) is 13.2 Å². The number of aromatic amines is 2. The highest BCUT2D eigenvalue weighted by Gasteiger charge is 2.33. The molecule has 8 heteroatoms. The standard InChI is InChI=1S/C15H11F3N4S/c16-15(17,18)10-6-2-4-8-12(10)19-11-7-3-1-5-9(11)13-20-14(23)22-21-13/h1-8,19H,(H2,20,21,22,23). The van der Waals surface area contributed by atoms with Crippen molar-refractivity contribution < 1.29 is 13.2 Å². The summed E-state index contributed by atoms with van der Waals surface area (Å²) in [6.45, 7) is 0. The Morgan fingerprint density at radius 1 is 0.913 bits per heavy atom.